The number of piperazine rings is 1. The Kier molecular flexibility index (Phi) is 5.66. The van der Waals surface area contributed by atoms with Crippen molar-refractivity contribution in [1.29, 1.82) is 0 Å². The Morgan fingerprint density at radius 1 is 0.519 bits per heavy atom. The summed E-state index contributed by atoms with van der Waals surface area (Å²) in [5, 5.41) is 0. The van der Waals surface area contributed by atoms with Crippen LogP contribution in [0, 0.1) is 0 Å². The molecule has 0 bridgehead atoms. The number of hydrogen-bond donors (Lipinski definition) is 0. The average Bonchev–Trinajstić information content (AvgIpc) is 2.76. The molecule has 4 rings (SSSR count). The summed E-state index contributed by atoms with van der Waals surface area (Å²) in [4.78, 5) is 5.25. The summed E-state index contributed by atoms with van der Waals surface area (Å²) < 4.78 is 0. The summed E-state index contributed by atoms with van der Waals surface area (Å²) in [5.41, 5.74) is 4.18. The van der Waals surface area contributed by atoms with Gasteiger partial charge < -0.3 is 0 Å². The van der Waals surface area contributed by atoms with Crippen molar-refractivity contribution in [1.82, 2.24) is 9.80 Å². The van der Waals surface area contributed by atoms with E-state index < -0.39 is 0 Å². The molecule has 1 aliphatic rings. The minimum Gasteiger partial charge on any atom is -0.294 e. The second-order valence-electron chi connectivity index (χ2n) is 7.38. The standard InChI is InChI=1S/C25H28N2/c1-21(22-11-5-2-6-12-22)26-17-19-27(20-18-26)25(23-13-7-3-8-14-23)24-15-9-4-10-16-24/h2-16,21,25H,17-20H2,1H3/t21-/m0/s1. The lowest BCUT2D eigenvalue weighted by molar-refractivity contribution is 0.0839. The van der Waals surface area contributed by atoms with Crippen LogP contribution >= 0.6 is 0 Å². The first-order chi connectivity index (χ1) is 13.3. The smallest absolute Gasteiger partial charge is 0.0602 e. The number of rotatable bonds is 5. The molecule has 0 aliphatic carbocycles. The van der Waals surface area contributed by atoms with Crippen molar-refractivity contribution in [2.45, 2.75) is 19.0 Å². The Balaban J connectivity index is 1.51. The van der Waals surface area contributed by atoms with Crippen LogP contribution in [0.2, 0.25) is 0 Å². The molecule has 0 spiro atoms. The first-order valence-electron chi connectivity index (χ1n) is 9.96. The zero-order valence-corrected chi connectivity index (χ0v) is 16.0. The molecule has 0 aromatic heterocycles. The molecule has 3 aromatic carbocycles. The lowest BCUT2D eigenvalue weighted by Crippen LogP contribution is -2.48. The van der Waals surface area contributed by atoms with E-state index in [4.69, 9.17) is 0 Å². The van der Waals surface area contributed by atoms with Gasteiger partial charge in [0.1, 0.15) is 0 Å². The van der Waals surface area contributed by atoms with E-state index in [0.717, 1.165) is 26.2 Å². The summed E-state index contributed by atoms with van der Waals surface area (Å²) in [5.74, 6) is 0. The van der Waals surface area contributed by atoms with Crippen LogP contribution in [0.25, 0.3) is 0 Å². The highest BCUT2D eigenvalue weighted by molar-refractivity contribution is 5.32. The predicted octanol–water partition coefficient (Wildman–Crippen LogP) is 5.15. The van der Waals surface area contributed by atoms with Crippen LogP contribution in [0.4, 0.5) is 0 Å². The summed E-state index contributed by atoms with van der Waals surface area (Å²) in [7, 11) is 0. The second kappa shape index (κ2) is 8.51. The van der Waals surface area contributed by atoms with Crippen molar-refractivity contribution in [3.05, 3.63) is 108 Å². The fourth-order valence-corrected chi connectivity index (χ4v) is 4.21. The van der Waals surface area contributed by atoms with E-state index in [9.17, 15) is 0 Å². The second-order valence-corrected chi connectivity index (χ2v) is 7.38. The summed E-state index contributed by atoms with van der Waals surface area (Å²) >= 11 is 0. The third kappa shape index (κ3) is 4.13. The number of hydrogen-bond acceptors (Lipinski definition) is 2. The van der Waals surface area contributed by atoms with Crippen LogP contribution in [0.1, 0.15) is 35.7 Å². The molecule has 0 radical (unpaired) electrons. The Bertz CT molecular complexity index is 769. The number of nitrogens with zero attached hydrogens (tertiary/aromatic N) is 2. The van der Waals surface area contributed by atoms with Gasteiger partial charge in [0, 0.05) is 32.2 Å². The quantitative estimate of drug-likeness (QED) is 0.623. The van der Waals surface area contributed by atoms with Gasteiger partial charge in [0.2, 0.25) is 0 Å². The monoisotopic (exact) mass is 356 g/mol. The van der Waals surface area contributed by atoms with Gasteiger partial charge in [-0.1, -0.05) is 91.0 Å². The van der Waals surface area contributed by atoms with Crippen molar-refractivity contribution in [2.75, 3.05) is 26.2 Å². The van der Waals surface area contributed by atoms with E-state index in [0.29, 0.717) is 12.1 Å². The van der Waals surface area contributed by atoms with Crippen molar-refractivity contribution >= 4 is 0 Å². The lowest BCUT2D eigenvalue weighted by Gasteiger charge is -2.42. The lowest BCUT2D eigenvalue weighted by atomic mass is 9.96. The van der Waals surface area contributed by atoms with Crippen LogP contribution in [0.15, 0.2) is 91.0 Å². The van der Waals surface area contributed by atoms with Gasteiger partial charge >= 0.3 is 0 Å². The Labute approximate surface area is 163 Å². The van der Waals surface area contributed by atoms with E-state index in [1.54, 1.807) is 0 Å². The van der Waals surface area contributed by atoms with Crippen LogP contribution in [0.3, 0.4) is 0 Å². The van der Waals surface area contributed by atoms with Crippen molar-refractivity contribution < 1.29 is 0 Å². The van der Waals surface area contributed by atoms with Crippen molar-refractivity contribution in [2.24, 2.45) is 0 Å². The molecule has 1 heterocycles. The molecule has 3 aromatic rings. The maximum Gasteiger partial charge on any atom is 0.0602 e. The first kappa shape index (κ1) is 18.0. The predicted molar refractivity (Wildman–Crippen MR) is 113 cm³/mol. The number of benzene rings is 3. The summed E-state index contributed by atoms with van der Waals surface area (Å²) in [6.07, 6.45) is 0. The molecule has 2 heteroatoms. The fraction of sp³-hybridized carbons (Fsp3) is 0.280. The maximum atomic E-state index is 2.64. The minimum atomic E-state index is 0.335. The molecule has 0 unspecified atom stereocenters. The molecule has 1 atom stereocenters. The minimum absolute atomic E-state index is 0.335. The average molecular weight is 357 g/mol. The van der Waals surface area contributed by atoms with Crippen LogP contribution < -0.4 is 0 Å². The van der Waals surface area contributed by atoms with Gasteiger partial charge in [-0.3, -0.25) is 9.80 Å². The van der Waals surface area contributed by atoms with Gasteiger partial charge in [0.15, 0.2) is 0 Å². The van der Waals surface area contributed by atoms with Crippen LogP contribution in [-0.2, 0) is 0 Å². The topological polar surface area (TPSA) is 6.48 Å². The molecule has 1 fully saturated rings. The molecule has 2 nitrogen and oxygen atoms in total. The largest absolute Gasteiger partial charge is 0.294 e. The van der Waals surface area contributed by atoms with Gasteiger partial charge in [-0.05, 0) is 23.6 Å². The molecule has 0 N–H and O–H groups in total. The third-order valence-electron chi connectivity index (χ3n) is 5.77. The molecule has 0 saturated carbocycles. The molecule has 27 heavy (non-hydrogen) atoms. The Hall–Kier alpha value is -2.42. The normalized spacial score (nSPS) is 17.1. The highest BCUT2D eigenvalue weighted by Gasteiger charge is 2.28. The molecular formula is C25H28N2. The summed E-state index contributed by atoms with van der Waals surface area (Å²) in [6.45, 7) is 6.71. The van der Waals surface area contributed by atoms with Crippen LogP contribution in [-0.4, -0.2) is 36.0 Å². The fourth-order valence-electron chi connectivity index (χ4n) is 4.21. The van der Waals surface area contributed by atoms with E-state index in [2.05, 4.69) is 108 Å². The van der Waals surface area contributed by atoms with Gasteiger partial charge in [-0.25, -0.2) is 0 Å². The molecule has 1 aliphatic heterocycles. The summed E-state index contributed by atoms with van der Waals surface area (Å²) in [6, 6.07) is 33.5. The van der Waals surface area contributed by atoms with E-state index in [-0.39, 0.29) is 0 Å². The molecule has 138 valence electrons. The van der Waals surface area contributed by atoms with Gasteiger partial charge in [0.05, 0.1) is 6.04 Å². The van der Waals surface area contributed by atoms with E-state index in [1.165, 1.54) is 16.7 Å². The maximum absolute atomic E-state index is 2.64. The Morgan fingerprint density at radius 2 is 0.889 bits per heavy atom. The zero-order valence-electron chi connectivity index (χ0n) is 16.0. The zero-order chi connectivity index (χ0) is 18.5. The van der Waals surface area contributed by atoms with Crippen LogP contribution in [0.5, 0.6) is 0 Å². The van der Waals surface area contributed by atoms with E-state index >= 15 is 0 Å². The van der Waals surface area contributed by atoms with Crippen molar-refractivity contribution in [3.63, 3.8) is 0 Å². The van der Waals surface area contributed by atoms with E-state index in [1.807, 2.05) is 0 Å². The SMILES string of the molecule is C[C@@H](c1ccccc1)N1CCN(C(c2ccccc2)c2ccccc2)CC1. The highest BCUT2D eigenvalue weighted by atomic mass is 15.3. The van der Waals surface area contributed by atoms with Crippen molar-refractivity contribution in [3.8, 4) is 0 Å². The van der Waals surface area contributed by atoms with Gasteiger partial charge in [0.25, 0.3) is 0 Å². The first-order valence-corrected chi connectivity index (χ1v) is 9.96. The highest BCUT2D eigenvalue weighted by Crippen LogP contribution is 2.31. The molecular weight excluding hydrogens is 328 g/mol. The Morgan fingerprint density at radius 3 is 1.33 bits per heavy atom. The van der Waals surface area contributed by atoms with Gasteiger partial charge in [-0.2, -0.15) is 0 Å². The molecule has 0 amide bonds. The van der Waals surface area contributed by atoms with Gasteiger partial charge in [-0.15, -0.1) is 0 Å². The molecule has 1 saturated heterocycles. The third-order valence-corrected chi connectivity index (χ3v) is 5.77.